The van der Waals surface area contributed by atoms with Gasteiger partial charge in [-0.1, -0.05) is 0 Å². The van der Waals surface area contributed by atoms with Gasteiger partial charge in [-0.15, -0.1) is 0 Å². The normalized spacial score (nSPS) is 14.1. The Balaban J connectivity index is 2.53. The van der Waals surface area contributed by atoms with Crippen LogP contribution < -0.4 is 14.8 Å². The lowest BCUT2D eigenvalue weighted by Crippen LogP contribution is -2.20. The Labute approximate surface area is 88.2 Å². The summed E-state index contributed by atoms with van der Waals surface area (Å²) in [7, 11) is 3.21. The van der Waals surface area contributed by atoms with E-state index in [4.69, 9.17) is 9.47 Å². The summed E-state index contributed by atoms with van der Waals surface area (Å²) in [4.78, 5) is 11.3. The van der Waals surface area contributed by atoms with Gasteiger partial charge in [-0.05, 0) is 18.6 Å². The van der Waals surface area contributed by atoms with Gasteiger partial charge in [0.15, 0.2) is 0 Å². The first-order valence-electron chi connectivity index (χ1n) is 4.80. The van der Waals surface area contributed by atoms with Gasteiger partial charge in [-0.2, -0.15) is 0 Å². The van der Waals surface area contributed by atoms with Crippen LogP contribution in [0, 0.1) is 0 Å². The highest BCUT2D eigenvalue weighted by Gasteiger charge is 2.21. The molecule has 15 heavy (non-hydrogen) atoms. The van der Waals surface area contributed by atoms with E-state index in [1.54, 1.807) is 20.3 Å². The molecule has 1 aliphatic heterocycles. The van der Waals surface area contributed by atoms with E-state index in [2.05, 4.69) is 5.32 Å². The summed E-state index contributed by atoms with van der Waals surface area (Å²) in [6, 6.07) is 3.65. The molecular weight excluding hydrogens is 194 g/mol. The molecule has 1 aromatic carbocycles. The zero-order chi connectivity index (χ0) is 10.8. The van der Waals surface area contributed by atoms with E-state index in [1.807, 2.05) is 6.07 Å². The molecule has 0 unspecified atom stereocenters. The van der Waals surface area contributed by atoms with Crippen LogP contribution in [0.5, 0.6) is 11.5 Å². The third-order valence-corrected chi connectivity index (χ3v) is 2.54. The van der Waals surface area contributed by atoms with Crippen molar-refractivity contribution in [1.82, 2.24) is 0 Å². The molecule has 0 spiro atoms. The molecule has 0 fully saturated rings. The van der Waals surface area contributed by atoms with Crippen molar-refractivity contribution >= 4 is 11.6 Å². The Morgan fingerprint density at radius 1 is 1.13 bits per heavy atom. The molecule has 0 saturated heterocycles. The number of hydrogen-bond acceptors (Lipinski definition) is 3. The number of carbonyl (C=O) groups excluding carboxylic acids is 1. The second-order valence-corrected chi connectivity index (χ2v) is 3.37. The van der Waals surface area contributed by atoms with Crippen LogP contribution in [0.15, 0.2) is 12.1 Å². The summed E-state index contributed by atoms with van der Waals surface area (Å²) in [5.74, 6) is 1.50. The van der Waals surface area contributed by atoms with Crippen LogP contribution in [0.4, 0.5) is 5.69 Å². The summed E-state index contributed by atoms with van der Waals surface area (Å²) in [6.07, 6.45) is 1.19. The van der Waals surface area contributed by atoms with Gasteiger partial charge in [-0.3, -0.25) is 4.79 Å². The highest BCUT2D eigenvalue weighted by molar-refractivity contribution is 5.96. The van der Waals surface area contributed by atoms with Crippen LogP contribution in [0.1, 0.15) is 12.0 Å². The first-order valence-corrected chi connectivity index (χ1v) is 4.80. The quantitative estimate of drug-likeness (QED) is 0.801. The van der Waals surface area contributed by atoms with E-state index in [9.17, 15) is 4.79 Å². The molecule has 0 bridgehead atoms. The molecule has 80 valence electrons. The fourth-order valence-corrected chi connectivity index (χ4v) is 1.79. The fraction of sp³-hybridized carbons (Fsp3) is 0.364. The highest BCUT2D eigenvalue weighted by Crippen LogP contribution is 2.38. The zero-order valence-electron chi connectivity index (χ0n) is 8.79. The first kappa shape index (κ1) is 9.83. The second kappa shape index (κ2) is 3.81. The lowest BCUT2D eigenvalue weighted by Gasteiger charge is -2.21. The number of nitrogens with one attached hydrogen (secondary N) is 1. The van der Waals surface area contributed by atoms with Crippen molar-refractivity contribution in [2.24, 2.45) is 0 Å². The SMILES string of the molecule is COc1ccc(OC)c2c1CCC(=O)N2. The van der Waals surface area contributed by atoms with Gasteiger partial charge in [0.2, 0.25) is 5.91 Å². The third kappa shape index (κ3) is 1.63. The van der Waals surface area contributed by atoms with Gasteiger partial charge in [0, 0.05) is 12.0 Å². The van der Waals surface area contributed by atoms with Gasteiger partial charge in [0.1, 0.15) is 11.5 Å². The molecule has 2 rings (SSSR count). The molecule has 0 aromatic heterocycles. The number of rotatable bonds is 2. The monoisotopic (exact) mass is 207 g/mol. The van der Waals surface area contributed by atoms with E-state index in [0.29, 0.717) is 18.6 Å². The highest BCUT2D eigenvalue weighted by atomic mass is 16.5. The molecule has 0 atom stereocenters. The van der Waals surface area contributed by atoms with Gasteiger partial charge < -0.3 is 14.8 Å². The smallest absolute Gasteiger partial charge is 0.224 e. The predicted octanol–water partition coefficient (Wildman–Crippen LogP) is 1.59. The average molecular weight is 207 g/mol. The maximum absolute atomic E-state index is 11.3. The minimum atomic E-state index is 0.0223. The van der Waals surface area contributed by atoms with Crippen molar-refractivity contribution in [3.8, 4) is 11.5 Å². The molecule has 1 amide bonds. The summed E-state index contributed by atoms with van der Waals surface area (Å²) < 4.78 is 10.4. The van der Waals surface area contributed by atoms with Crippen LogP contribution in [-0.4, -0.2) is 20.1 Å². The number of amides is 1. The number of hydrogen-bond donors (Lipinski definition) is 1. The number of carbonyl (C=O) groups is 1. The number of benzene rings is 1. The zero-order valence-corrected chi connectivity index (χ0v) is 8.79. The van der Waals surface area contributed by atoms with Crippen molar-refractivity contribution < 1.29 is 14.3 Å². The molecule has 4 heteroatoms. The van der Waals surface area contributed by atoms with Crippen molar-refractivity contribution in [1.29, 1.82) is 0 Å². The minimum absolute atomic E-state index is 0.0223. The van der Waals surface area contributed by atoms with Gasteiger partial charge in [0.25, 0.3) is 0 Å². The molecule has 1 aromatic rings. The standard InChI is InChI=1S/C11H13NO3/c1-14-8-4-5-9(15-2)11-7(8)3-6-10(13)12-11/h4-5H,3,6H2,1-2H3,(H,12,13). The molecular formula is C11H13NO3. The number of fused-ring (bicyclic) bond motifs is 1. The van der Waals surface area contributed by atoms with E-state index in [1.165, 1.54) is 0 Å². The predicted molar refractivity (Wildman–Crippen MR) is 56.5 cm³/mol. The van der Waals surface area contributed by atoms with E-state index in [-0.39, 0.29) is 5.91 Å². The number of ether oxygens (including phenoxy) is 2. The second-order valence-electron chi connectivity index (χ2n) is 3.37. The van der Waals surface area contributed by atoms with Crippen LogP contribution in [0.2, 0.25) is 0 Å². The number of methoxy groups -OCH3 is 2. The average Bonchev–Trinajstić information content (AvgIpc) is 2.27. The lowest BCUT2D eigenvalue weighted by atomic mass is 10.0. The van der Waals surface area contributed by atoms with Gasteiger partial charge >= 0.3 is 0 Å². The fourth-order valence-electron chi connectivity index (χ4n) is 1.79. The Morgan fingerprint density at radius 2 is 1.80 bits per heavy atom. The van der Waals surface area contributed by atoms with Crippen LogP contribution >= 0.6 is 0 Å². The summed E-state index contributed by atoms with van der Waals surface area (Å²) in [5.41, 5.74) is 1.75. The van der Waals surface area contributed by atoms with Crippen molar-refractivity contribution in [3.05, 3.63) is 17.7 Å². The third-order valence-electron chi connectivity index (χ3n) is 2.54. The molecule has 1 N–H and O–H groups in total. The number of anilines is 1. The first-order chi connectivity index (χ1) is 7.26. The topological polar surface area (TPSA) is 47.6 Å². The summed E-state index contributed by atoms with van der Waals surface area (Å²) in [5, 5.41) is 2.81. The summed E-state index contributed by atoms with van der Waals surface area (Å²) >= 11 is 0. The molecule has 4 nitrogen and oxygen atoms in total. The summed E-state index contributed by atoms with van der Waals surface area (Å²) in [6.45, 7) is 0. The van der Waals surface area contributed by atoms with Gasteiger partial charge in [0.05, 0.1) is 19.9 Å². The van der Waals surface area contributed by atoms with Crippen molar-refractivity contribution in [2.75, 3.05) is 19.5 Å². The molecule has 0 radical (unpaired) electrons. The molecule has 0 aliphatic carbocycles. The maximum Gasteiger partial charge on any atom is 0.224 e. The van der Waals surface area contributed by atoms with Gasteiger partial charge in [-0.25, -0.2) is 0 Å². The van der Waals surface area contributed by atoms with E-state index < -0.39 is 0 Å². The van der Waals surface area contributed by atoms with Crippen LogP contribution in [0.3, 0.4) is 0 Å². The minimum Gasteiger partial charge on any atom is -0.496 e. The van der Waals surface area contributed by atoms with E-state index >= 15 is 0 Å². The Kier molecular flexibility index (Phi) is 2.49. The Hall–Kier alpha value is -1.71. The van der Waals surface area contributed by atoms with E-state index in [0.717, 1.165) is 17.0 Å². The van der Waals surface area contributed by atoms with Crippen LogP contribution in [0.25, 0.3) is 0 Å². The molecule has 1 aliphatic rings. The maximum atomic E-state index is 11.3. The lowest BCUT2D eigenvalue weighted by molar-refractivity contribution is -0.116. The largest absolute Gasteiger partial charge is 0.496 e. The van der Waals surface area contributed by atoms with Crippen LogP contribution in [-0.2, 0) is 11.2 Å². The molecule has 1 heterocycles. The van der Waals surface area contributed by atoms with Crippen molar-refractivity contribution in [2.45, 2.75) is 12.8 Å². The Morgan fingerprint density at radius 3 is 2.47 bits per heavy atom. The molecule has 0 saturated carbocycles. The Bertz CT molecular complexity index is 401. The van der Waals surface area contributed by atoms with Crippen molar-refractivity contribution in [3.63, 3.8) is 0 Å².